The van der Waals surface area contributed by atoms with Gasteiger partial charge in [0.2, 0.25) is 5.95 Å². The number of hydrogen-bond donors (Lipinski definition) is 1. The number of methoxy groups -OCH3 is 2. The van der Waals surface area contributed by atoms with Crippen molar-refractivity contribution in [2.45, 2.75) is 38.2 Å². The number of alkyl halides is 2. The highest BCUT2D eigenvalue weighted by Gasteiger charge is 2.27. The topological polar surface area (TPSA) is 89.8 Å². The second-order valence-electron chi connectivity index (χ2n) is 10.7. The number of rotatable bonds is 13. The Balaban J connectivity index is 1.33. The normalized spacial score (nSPS) is 19.9. The van der Waals surface area contributed by atoms with Crippen molar-refractivity contribution in [2.24, 2.45) is 5.92 Å². The van der Waals surface area contributed by atoms with Gasteiger partial charge in [-0.15, -0.1) is 0 Å². The van der Waals surface area contributed by atoms with Gasteiger partial charge in [0, 0.05) is 59.1 Å². The molecule has 0 spiro atoms. The number of halogens is 2. The molecule has 1 saturated heterocycles. The fourth-order valence-electron chi connectivity index (χ4n) is 5.85. The van der Waals surface area contributed by atoms with E-state index in [1.807, 2.05) is 6.07 Å². The Morgan fingerprint density at radius 2 is 1.66 bits per heavy atom. The number of ether oxygens (including phenoxy) is 3. The lowest BCUT2D eigenvalue weighted by Gasteiger charge is -2.37. The first-order chi connectivity index (χ1) is 20.1. The average molecular weight is 574 g/mol. The summed E-state index contributed by atoms with van der Waals surface area (Å²) in [7, 11) is 3.48. The van der Waals surface area contributed by atoms with Gasteiger partial charge in [0.15, 0.2) is 5.82 Å². The summed E-state index contributed by atoms with van der Waals surface area (Å²) in [6, 6.07) is 9.44. The van der Waals surface area contributed by atoms with E-state index in [-0.39, 0.29) is 5.82 Å². The summed E-state index contributed by atoms with van der Waals surface area (Å²) in [6.45, 7) is 6.49. The van der Waals surface area contributed by atoms with Crippen molar-refractivity contribution >= 4 is 22.8 Å². The molecule has 1 aliphatic carbocycles. The number of imidazole rings is 1. The van der Waals surface area contributed by atoms with Gasteiger partial charge in [0.25, 0.3) is 6.43 Å². The molecule has 41 heavy (non-hydrogen) atoms. The second kappa shape index (κ2) is 14.3. The average Bonchev–Trinajstić information content (AvgIpc) is 3.41. The maximum Gasteiger partial charge on any atom is 0.296 e. The molecular formula is C29H41F2N7O3. The molecule has 3 heterocycles. The molecule has 10 nitrogen and oxygen atoms in total. The van der Waals surface area contributed by atoms with Crippen LogP contribution in [-0.2, 0) is 14.2 Å². The van der Waals surface area contributed by atoms with Gasteiger partial charge in [-0.25, -0.2) is 13.8 Å². The Kier molecular flexibility index (Phi) is 10.3. The Morgan fingerprint density at radius 1 is 0.976 bits per heavy atom. The van der Waals surface area contributed by atoms with Crippen LogP contribution in [0.2, 0.25) is 0 Å². The Labute approximate surface area is 240 Å². The standard InChI is InChI=1S/C29H41F2N7O3/c1-39-15-11-36(12-16-40-2)22-9-7-21(8-10-22)20-32-29-34-25(37-13-17-41-18-14-37)19-26(35-29)38-24-6-4-3-5-23(24)33-28(38)27(30)31/h3-6,19,21-22,27H,7-18,20H2,1-2H3,(H,32,34,35). The minimum absolute atomic E-state index is 0.325. The Morgan fingerprint density at radius 3 is 2.34 bits per heavy atom. The lowest BCUT2D eigenvalue weighted by atomic mass is 9.85. The number of nitrogens with zero attached hydrogens (tertiary/aromatic N) is 6. The smallest absolute Gasteiger partial charge is 0.296 e. The summed E-state index contributed by atoms with van der Waals surface area (Å²) in [4.78, 5) is 18.3. The first-order valence-electron chi connectivity index (χ1n) is 14.5. The zero-order valence-corrected chi connectivity index (χ0v) is 24.0. The highest BCUT2D eigenvalue weighted by molar-refractivity contribution is 5.78. The lowest BCUT2D eigenvalue weighted by Crippen LogP contribution is -2.42. The van der Waals surface area contributed by atoms with Crippen molar-refractivity contribution in [3.8, 4) is 5.82 Å². The van der Waals surface area contributed by atoms with E-state index in [2.05, 4.69) is 20.1 Å². The lowest BCUT2D eigenvalue weighted by molar-refractivity contribution is 0.0679. The minimum Gasteiger partial charge on any atom is -0.383 e. The predicted octanol–water partition coefficient (Wildman–Crippen LogP) is 4.16. The Hall–Kier alpha value is -2.93. The van der Waals surface area contributed by atoms with Crippen LogP contribution in [0.4, 0.5) is 20.5 Å². The van der Waals surface area contributed by atoms with Crippen LogP contribution in [0.1, 0.15) is 37.9 Å². The van der Waals surface area contributed by atoms with E-state index in [1.54, 1.807) is 38.5 Å². The molecule has 224 valence electrons. The fourth-order valence-corrected chi connectivity index (χ4v) is 5.85. The maximum atomic E-state index is 14.1. The molecule has 2 aromatic heterocycles. The quantitative estimate of drug-likeness (QED) is 0.324. The van der Waals surface area contributed by atoms with Gasteiger partial charge < -0.3 is 24.4 Å². The first-order valence-corrected chi connectivity index (χ1v) is 14.5. The predicted molar refractivity (Wildman–Crippen MR) is 154 cm³/mol. The molecular weight excluding hydrogens is 532 g/mol. The fraction of sp³-hybridized carbons (Fsp3) is 0.621. The van der Waals surface area contributed by atoms with E-state index in [0.29, 0.717) is 80.1 Å². The summed E-state index contributed by atoms with van der Waals surface area (Å²) in [5.41, 5.74) is 1.09. The summed E-state index contributed by atoms with van der Waals surface area (Å²) < 4.78 is 45.9. The van der Waals surface area contributed by atoms with E-state index < -0.39 is 6.43 Å². The molecule has 0 radical (unpaired) electrons. The molecule has 0 bridgehead atoms. The second-order valence-corrected chi connectivity index (χ2v) is 10.7. The molecule has 1 N–H and O–H groups in total. The van der Waals surface area contributed by atoms with Gasteiger partial charge in [-0.05, 0) is 43.7 Å². The van der Waals surface area contributed by atoms with Gasteiger partial charge in [0.05, 0.1) is 37.5 Å². The number of para-hydroxylation sites is 2. The maximum absolute atomic E-state index is 14.1. The van der Waals surface area contributed by atoms with Crippen LogP contribution >= 0.6 is 0 Å². The third kappa shape index (κ3) is 7.29. The van der Waals surface area contributed by atoms with Crippen LogP contribution in [0.25, 0.3) is 16.9 Å². The molecule has 1 saturated carbocycles. The number of morpholine rings is 1. The van der Waals surface area contributed by atoms with Crippen molar-refractivity contribution in [2.75, 3.05) is 83.6 Å². The number of benzene rings is 1. The van der Waals surface area contributed by atoms with Gasteiger partial charge in [-0.3, -0.25) is 9.47 Å². The van der Waals surface area contributed by atoms with E-state index in [1.165, 1.54) is 4.57 Å². The van der Waals surface area contributed by atoms with Crippen LogP contribution in [-0.4, -0.2) is 104 Å². The number of fused-ring (bicyclic) bond motifs is 1. The molecule has 1 aromatic carbocycles. The molecule has 0 amide bonds. The summed E-state index contributed by atoms with van der Waals surface area (Å²) in [5, 5.41) is 3.45. The van der Waals surface area contributed by atoms with E-state index in [0.717, 1.165) is 45.3 Å². The van der Waals surface area contributed by atoms with Crippen LogP contribution in [0.3, 0.4) is 0 Å². The molecule has 12 heteroatoms. The van der Waals surface area contributed by atoms with Crippen molar-refractivity contribution in [1.82, 2.24) is 24.4 Å². The van der Waals surface area contributed by atoms with E-state index in [4.69, 9.17) is 24.2 Å². The zero-order valence-electron chi connectivity index (χ0n) is 24.0. The molecule has 5 rings (SSSR count). The van der Waals surface area contributed by atoms with Crippen LogP contribution in [0, 0.1) is 5.92 Å². The Bertz CT molecular complexity index is 1240. The molecule has 0 atom stereocenters. The SMILES string of the molecule is COCCN(CCOC)C1CCC(CNc2nc(N3CCOCC3)cc(-n3c(C(F)F)nc4ccccc43)n2)CC1. The highest BCUT2D eigenvalue weighted by atomic mass is 19.3. The van der Waals surface area contributed by atoms with Crippen molar-refractivity contribution < 1.29 is 23.0 Å². The van der Waals surface area contributed by atoms with Gasteiger partial charge in [-0.1, -0.05) is 12.1 Å². The van der Waals surface area contributed by atoms with Gasteiger partial charge in [0.1, 0.15) is 11.6 Å². The van der Waals surface area contributed by atoms with Gasteiger partial charge in [-0.2, -0.15) is 9.97 Å². The van der Waals surface area contributed by atoms with E-state index in [9.17, 15) is 8.78 Å². The first kappa shape index (κ1) is 29.6. The largest absolute Gasteiger partial charge is 0.383 e. The summed E-state index contributed by atoms with van der Waals surface area (Å²) in [5.74, 6) is 1.65. The third-order valence-electron chi connectivity index (χ3n) is 8.09. The number of aromatic nitrogens is 4. The molecule has 2 aliphatic rings. The van der Waals surface area contributed by atoms with Crippen molar-refractivity contribution in [3.63, 3.8) is 0 Å². The van der Waals surface area contributed by atoms with Crippen molar-refractivity contribution in [1.29, 1.82) is 0 Å². The summed E-state index contributed by atoms with van der Waals surface area (Å²) in [6.07, 6.45) is 1.65. The molecule has 3 aromatic rings. The van der Waals surface area contributed by atoms with Crippen molar-refractivity contribution in [3.05, 3.63) is 36.2 Å². The molecule has 0 unspecified atom stereocenters. The molecule has 1 aliphatic heterocycles. The van der Waals surface area contributed by atoms with Crippen LogP contribution in [0.5, 0.6) is 0 Å². The van der Waals surface area contributed by atoms with Gasteiger partial charge >= 0.3 is 0 Å². The summed E-state index contributed by atoms with van der Waals surface area (Å²) >= 11 is 0. The van der Waals surface area contributed by atoms with Crippen LogP contribution < -0.4 is 10.2 Å². The zero-order chi connectivity index (χ0) is 28.6. The highest BCUT2D eigenvalue weighted by Crippen LogP contribution is 2.31. The number of nitrogens with one attached hydrogen (secondary N) is 1. The molecule has 2 fully saturated rings. The number of anilines is 2. The van der Waals surface area contributed by atoms with E-state index >= 15 is 0 Å². The number of hydrogen-bond acceptors (Lipinski definition) is 9. The van der Waals surface area contributed by atoms with Crippen LogP contribution in [0.15, 0.2) is 30.3 Å². The monoisotopic (exact) mass is 573 g/mol. The minimum atomic E-state index is -2.75. The third-order valence-corrected chi connectivity index (χ3v) is 8.09.